The number of sulfone groups is 1. The summed E-state index contributed by atoms with van der Waals surface area (Å²) >= 11 is 0. The molecule has 3 nitrogen and oxygen atoms in total. The summed E-state index contributed by atoms with van der Waals surface area (Å²) in [6.07, 6.45) is 6.79. The third kappa shape index (κ3) is 2.11. The Kier molecular flexibility index (Phi) is 3.22. The molecule has 0 saturated heterocycles. The summed E-state index contributed by atoms with van der Waals surface area (Å²) in [5.74, 6) is 2.78. The molecule has 0 aromatic heterocycles. The second kappa shape index (κ2) is 4.48. The Hall–Kier alpha value is -0.0900. The summed E-state index contributed by atoms with van der Waals surface area (Å²) in [4.78, 5) is 0. The van der Waals surface area contributed by atoms with Crippen LogP contribution in [0.3, 0.4) is 0 Å². The van der Waals surface area contributed by atoms with Gasteiger partial charge in [-0.1, -0.05) is 6.92 Å². The zero-order valence-electron chi connectivity index (χ0n) is 11.2. The van der Waals surface area contributed by atoms with Crippen molar-refractivity contribution in [3.63, 3.8) is 0 Å². The van der Waals surface area contributed by atoms with Crippen LogP contribution in [0.25, 0.3) is 0 Å². The first-order valence-corrected chi connectivity index (χ1v) is 9.18. The maximum Gasteiger partial charge on any atom is 0.155 e. The standard InChI is InChI=1S/C14H25NO2S/c1-2-13(15)8-18(16,17)14-11-4-9-3-10(6-11)7-12(14)5-9/h9-14H,2-8,15H2,1H3. The first-order valence-electron chi connectivity index (χ1n) is 7.46. The molecule has 0 aliphatic heterocycles. The Bertz CT molecular complexity index is 390. The number of nitrogens with two attached hydrogens (primary N) is 1. The molecule has 4 saturated carbocycles. The summed E-state index contributed by atoms with van der Waals surface area (Å²) in [5, 5.41) is -0.0529. The smallest absolute Gasteiger partial charge is 0.155 e. The third-order valence-corrected chi connectivity index (χ3v) is 8.02. The molecule has 1 atom stereocenters. The minimum absolute atomic E-state index is 0.0529. The van der Waals surface area contributed by atoms with Crippen LogP contribution in [0.5, 0.6) is 0 Å². The van der Waals surface area contributed by atoms with Crippen molar-refractivity contribution in [3.8, 4) is 0 Å². The van der Waals surface area contributed by atoms with E-state index in [0.29, 0.717) is 11.8 Å². The number of hydrogen-bond acceptors (Lipinski definition) is 3. The molecule has 104 valence electrons. The molecule has 18 heavy (non-hydrogen) atoms. The SMILES string of the molecule is CCC(N)CS(=O)(=O)C1C2CC3CC(C2)CC1C3. The molecule has 0 radical (unpaired) electrons. The van der Waals surface area contributed by atoms with Gasteiger partial charge in [-0.05, 0) is 62.2 Å². The average molecular weight is 271 g/mol. The van der Waals surface area contributed by atoms with Gasteiger partial charge in [0.15, 0.2) is 9.84 Å². The fraction of sp³-hybridized carbons (Fsp3) is 1.00. The summed E-state index contributed by atoms with van der Waals surface area (Å²) in [7, 11) is -2.98. The van der Waals surface area contributed by atoms with E-state index in [1.165, 1.54) is 6.42 Å². The number of hydrogen-bond donors (Lipinski definition) is 1. The van der Waals surface area contributed by atoms with Gasteiger partial charge < -0.3 is 5.73 Å². The highest BCUT2D eigenvalue weighted by molar-refractivity contribution is 7.92. The van der Waals surface area contributed by atoms with Crippen molar-refractivity contribution in [2.24, 2.45) is 29.4 Å². The normalized spacial score (nSPS) is 44.2. The van der Waals surface area contributed by atoms with E-state index in [9.17, 15) is 8.42 Å². The topological polar surface area (TPSA) is 60.2 Å². The van der Waals surface area contributed by atoms with Crippen molar-refractivity contribution < 1.29 is 8.42 Å². The van der Waals surface area contributed by atoms with Crippen molar-refractivity contribution in [1.82, 2.24) is 0 Å². The maximum atomic E-state index is 12.6. The maximum absolute atomic E-state index is 12.6. The van der Waals surface area contributed by atoms with E-state index in [4.69, 9.17) is 5.73 Å². The largest absolute Gasteiger partial charge is 0.327 e. The van der Waals surface area contributed by atoms with Crippen LogP contribution in [-0.2, 0) is 9.84 Å². The Morgan fingerprint density at radius 2 is 1.56 bits per heavy atom. The molecule has 4 bridgehead atoms. The average Bonchev–Trinajstić information content (AvgIpc) is 2.26. The number of rotatable bonds is 4. The predicted octanol–water partition coefficient (Wildman–Crippen LogP) is 1.96. The van der Waals surface area contributed by atoms with E-state index >= 15 is 0 Å². The highest BCUT2D eigenvalue weighted by atomic mass is 32.2. The Labute approximate surface area is 110 Å². The molecule has 0 spiro atoms. The Morgan fingerprint density at radius 3 is 2.00 bits per heavy atom. The van der Waals surface area contributed by atoms with E-state index in [-0.39, 0.29) is 17.0 Å². The van der Waals surface area contributed by atoms with Crippen LogP contribution in [-0.4, -0.2) is 25.5 Å². The lowest BCUT2D eigenvalue weighted by Gasteiger charge is -2.53. The van der Waals surface area contributed by atoms with Gasteiger partial charge in [0.05, 0.1) is 11.0 Å². The van der Waals surface area contributed by atoms with Crippen LogP contribution in [0, 0.1) is 23.7 Å². The van der Waals surface area contributed by atoms with E-state index in [2.05, 4.69) is 0 Å². The van der Waals surface area contributed by atoms with Crippen LogP contribution < -0.4 is 5.73 Å². The second-order valence-electron chi connectivity index (χ2n) is 6.89. The zero-order valence-corrected chi connectivity index (χ0v) is 12.0. The predicted molar refractivity (Wildman–Crippen MR) is 72.9 cm³/mol. The quantitative estimate of drug-likeness (QED) is 0.850. The van der Waals surface area contributed by atoms with Crippen LogP contribution in [0.1, 0.15) is 45.4 Å². The van der Waals surface area contributed by atoms with Crippen LogP contribution in [0.15, 0.2) is 0 Å². The molecule has 2 N–H and O–H groups in total. The summed E-state index contributed by atoms with van der Waals surface area (Å²) in [5.41, 5.74) is 5.87. The second-order valence-corrected chi connectivity index (χ2v) is 9.10. The minimum Gasteiger partial charge on any atom is -0.327 e. The lowest BCUT2D eigenvalue weighted by Crippen LogP contribution is -2.53. The molecular weight excluding hydrogens is 246 g/mol. The molecule has 0 aromatic carbocycles. The molecular formula is C14H25NO2S. The van der Waals surface area contributed by atoms with Crippen molar-refractivity contribution >= 4 is 9.84 Å². The van der Waals surface area contributed by atoms with Gasteiger partial charge in [-0.2, -0.15) is 0 Å². The minimum atomic E-state index is -2.98. The fourth-order valence-electron chi connectivity index (χ4n) is 4.99. The third-order valence-electron chi connectivity index (χ3n) is 5.53. The highest BCUT2D eigenvalue weighted by Crippen LogP contribution is 2.55. The molecule has 1 unspecified atom stereocenters. The summed E-state index contributed by atoms with van der Waals surface area (Å²) in [6.45, 7) is 1.97. The lowest BCUT2D eigenvalue weighted by molar-refractivity contribution is 0.0237. The molecule has 0 amide bonds. The fourth-order valence-corrected chi connectivity index (χ4v) is 7.66. The van der Waals surface area contributed by atoms with Crippen LogP contribution >= 0.6 is 0 Å². The van der Waals surface area contributed by atoms with Gasteiger partial charge in [-0.3, -0.25) is 0 Å². The molecule has 4 aliphatic rings. The monoisotopic (exact) mass is 271 g/mol. The van der Waals surface area contributed by atoms with E-state index in [1.54, 1.807) is 0 Å². The van der Waals surface area contributed by atoms with Crippen molar-refractivity contribution in [2.75, 3.05) is 5.75 Å². The van der Waals surface area contributed by atoms with Gasteiger partial charge in [0.1, 0.15) is 0 Å². The molecule has 0 heterocycles. The van der Waals surface area contributed by atoms with Crippen molar-refractivity contribution in [1.29, 1.82) is 0 Å². The van der Waals surface area contributed by atoms with E-state index < -0.39 is 9.84 Å². The van der Waals surface area contributed by atoms with Gasteiger partial charge in [0.25, 0.3) is 0 Å². The van der Waals surface area contributed by atoms with Gasteiger partial charge in [0, 0.05) is 6.04 Å². The van der Waals surface area contributed by atoms with Gasteiger partial charge >= 0.3 is 0 Å². The van der Waals surface area contributed by atoms with E-state index in [1.807, 2.05) is 6.92 Å². The first kappa shape index (κ1) is 12.9. The lowest BCUT2D eigenvalue weighted by atomic mass is 9.56. The van der Waals surface area contributed by atoms with Gasteiger partial charge in [-0.15, -0.1) is 0 Å². The molecule has 4 heteroatoms. The van der Waals surface area contributed by atoms with E-state index in [0.717, 1.165) is 43.9 Å². The van der Waals surface area contributed by atoms with Crippen molar-refractivity contribution in [3.05, 3.63) is 0 Å². The molecule has 4 aliphatic carbocycles. The van der Waals surface area contributed by atoms with Gasteiger partial charge in [-0.25, -0.2) is 8.42 Å². The van der Waals surface area contributed by atoms with Crippen molar-refractivity contribution in [2.45, 2.75) is 56.7 Å². The Morgan fingerprint density at radius 1 is 1.06 bits per heavy atom. The van der Waals surface area contributed by atoms with Crippen LogP contribution in [0.4, 0.5) is 0 Å². The first-order chi connectivity index (χ1) is 8.49. The summed E-state index contributed by atoms with van der Waals surface area (Å²) in [6, 6.07) is -0.174. The van der Waals surface area contributed by atoms with Crippen LogP contribution in [0.2, 0.25) is 0 Å². The highest BCUT2D eigenvalue weighted by Gasteiger charge is 2.52. The van der Waals surface area contributed by atoms with Gasteiger partial charge in [0.2, 0.25) is 0 Å². The molecule has 0 aromatic rings. The Balaban J connectivity index is 1.80. The zero-order chi connectivity index (χ0) is 12.9. The summed E-state index contributed by atoms with van der Waals surface area (Å²) < 4.78 is 25.2. The molecule has 4 fully saturated rings. The molecule has 4 rings (SSSR count).